The highest BCUT2D eigenvalue weighted by Crippen LogP contribution is 2.32. The molecule has 0 bridgehead atoms. The Bertz CT molecular complexity index is 1650. The maximum Gasteiger partial charge on any atom is 0.405 e. The van der Waals surface area contributed by atoms with Gasteiger partial charge >= 0.3 is 6.09 Å². The summed E-state index contributed by atoms with van der Waals surface area (Å²) < 4.78 is 0. The molecular weight excluding hydrogens is 548 g/mol. The van der Waals surface area contributed by atoms with Crippen LogP contribution >= 0.6 is 0 Å². The number of pyridine rings is 1. The fourth-order valence-electron chi connectivity index (χ4n) is 5.26. The molecule has 220 valence electrons. The summed E-state index contributed by atoms with van der Waals surface area (Å²) in [6, 6.07) is 22.5. The van der Waals surface area contributed by atoms with E-state index in [9.17, 15) is 19.2 Å². The number of hydrogen-bond acceptors (Lipinski definition) is 6. The number of hydrogen-bond donors (Lipinski definition) is 6. The topological polar surface area (TPSA) is 176 Å². The summed E-state index contributed by atoms with van der Waals surface area (Å²) in [5.74, 6) is -1.12. The largest absolute Gasteiger partial charge is 0.465 e. The Balaban J connectivity index is 1.25. The first kappa shape index (κ1) is 29.1. The predicted molar refractivity (Wildman–Crippen MR) is 163 cm³/mol. The second-order valence-electron chi connectivity index (χ2n) is 10.5. The minimum atomic E-state index is -1.24. The van der Waals surface area contributed by atoms with E-state index in [1.807, 2.05) is 60.7 Å². The Morgan fingerprint density at radius 2 is 1.49 bits per heavy atom. The number of para-hydroxylation sites is 1. The normalized spacial score (nSPS) is 16.2. The van der Waals surface area contributed by atoms with Crippen LogP contribution in [0, 0.1) is 0 Å². The second kappa shape index (κ2) is 13.0. The van der Waals surface area contributed by atoms with E-state index >= 15 is 0 Å². The van der Waals surface area contributed by atoms with Gasteiger partial charge in [0.25, 0.3) is 11.8 Å². The lowest BCUT2D eigenvalue weighted by Gasteiger charge is -2.29. The number of nitrogens with one attached hydrogen (secondary N) is 4. The zero-order valence-corrected chi connectivity index (χ0v) is 23.3. The average Bonchev–Trinajstić information content (AvgIpc) is 3.01. The Kier molecular flexibility index (Phi) is 8.80. The second-order valence-corrected chi connectivity index (χ2v) is 10.5. The van der Waals surface area contributed by atoms with Crippen LogP contribution in [0.2, 0.25) is 0 Å². The molecule has 11 nitrogen and oxygen atoms in total. The molecule has 1 aliphatic carbocycles. The molecule has 4 aromatic rings. The van der Waals surface area contributed by atoms with Gasteiger partial charge in [-0.15, -0.1) is 0 Å². The summed E-state index contributed by atoms with van der Waals surface area (Å²) in [6.45, 7) is -0.280. The van der Waals surface area contributed by atoms with E-state index in [0.29, 0.717) is 42.5 Å². The van der Waals surface area contributed by atoms with Gasteiger partial charge in [-0.25, -0.2) is 4.79 Å². The molecule has 3 aromatic carbocycles. The van der Waals surface area contributed by atoms with Crippen molar-refractivity contribution < 1.29 is 24.3 Å². The van der Waals surface area contributed by atoms with Crippen LogP contribution in [0.3, 0.4) is 0 Å². The smallest absolute Gasteiger partial charge is 0.405 e. The summed E-state index contributed by atoms with van der Waals surface area (Å²) in [5, 5.41) is 20.6. The van der Waals surface area contributed by atoms with Crippen LogP contribution in [0.4, 0.5) is 16.2 Å². The Labute approximate surface area is 247 Å². The summed E-state index contributed by atoms with van der Waals surface area (Å²) in [7, 11) is 0. The third-order valence-electron chi connectivity index (χ3n) is 7.48. The van der Waals surface area contributed by atoms with Crippen LogP contribution in [0.15, 0.2) is 79.0 Å². The maximum atomic E-state index is 13.0. The molecule has 0 unspecified atom stereocenters. The van der Waals surface area contributed by atoms with Crippen molar-refractivity contribution in [3.63, 3.8) is 0 Å². The van der Waals surface area contributed by atoms with Crippen LogP contribution in [0.25, 0.3) is 22.0 Å². The fraction of sp³-hybridized carbons (Fsp3) is 0.219. The quantitative estimate of drug-likeness (QED) is 0.172. The number of carbonyl (C=O) groups is 4. The number of rotatable bonds is 9. The molecule has 7 N–H and O–H groups in total. The molecule has 1 heterocycles. The van der Waals surface area contributed by atoms with Crippen molar-refractivity contribution >= 4 is 46.1 Å². The fourth-order valence-corrected chi connectivity index (χ4v) is 5.26. The summed E-state index contributed by atoms with van der Waals surface area (Å²) in [6.07, 6.45) is 3.03. The predicted octanol–water partition coefficient (Wildman–Crippen LogP) is 4.17. The van der Waals surface area contributed by atoms with E-state index in [2.05, 4.69) is 26.3 Å². The van der Waals surface area contributed by atoms with Crippen LogP contribution in [-0.4, -0.2) is 52.5 Å². The molecule has 1 aliphatic rings. The minimum Gasteiger partial charge on any atom is -0.465 e. The van der Waals surface area contributed by atoms with Crippen LogP contribution in [-0.2, 0) is 4.79 Å². The molecule has 0 spiro atoms. The molecule has 0 aliphatic heterocycles. The van der Waals surface area contributed by atoms with Crippen LogP contribution in [0.1, 0.15) is 46.4 Å². The molecule has 43 heavy (non-hydrogen) atoms. The molecule has 0 atom stereocenters. The van der Waals surface area contributed by atoms with Gasteiger partial charge in [0, 0.05) is 34.9 Å². The highest BCUT2D eigenvalue weighted by atomic mass is 16.4. The number of primary amides is 1. The van der Waals surface area contributed by atoms with Crippen molar-refractivity contribution in [3.05, 3.63) is 90.1 Å². The lowest BCUT2D eigenvalue weighted by Crippen LogP contribution is -2.46. The molecule has 11 heteroatoms. The van der Waals surface area contributed by atoms with Crippen LogP contribution in [0.5, 0.6) is 0 Å². The number of fused-ring (bicyclic) bond motifs is 1. The zero-order valence-electron chi connectivity index (χ0n) is 23.3. The van der Waals surface area contributed by atoms with Gasteiger partial charge in [-0.3, -0.25) is 19.4 Å². The van der Waals surface area contributed by atoms with Crippen molar-refractivity contribution in [2.45, 2.75) is 37.8 Å². The van der Waals surface area contributed by atoms with Crippen LogP contribution < -0.4 is 27.0 Å². The number of anilines is 2. The van der Waals surface area contributed by atoms with E-state index in [4.69, 9.17) is 10.8 Å². The van der Waals surface area contributed by atoms with Crippen molar-refractivity contribution in [3.8, 4) is 11.1 Å². The molecule has 0 radical (unpaired) electrons. The zero-order chi connectivity index (χ0) is 30.3. The Morgan fingerprint density at radius 3 is 2.14 bits per heavy atom. The maximum absolute atomic E-state index is 13.0. The summed E-state index contributed by atoms with van der Waals surface area (Å²) in [5.41, 5.74) is 10.4. The first-order valence-electron chi connectivity index (χ1n) is 14.0. The van der Waals surface area contributed by atoms with E-state index in [1.165, 1.54) is 6.20 Å². The average molecular weight is 581 g/mol. The standard InChI is InChI=1S/C32H32N6O5/c33-30(40)26-17-34-27-15-10-21(16-25(27)29(26)37-22-4-2-1-3-5-22)19-6-8-20(9-7-19)31(41)38-24-13-11-23(12-14-24)36-28(39)18-35-32(42)43/h1-10,15-17,23-24,35H,11-14,18H2,(H2,33,40)(H,34,37)(H,36,39)(H,38,41)(H,42,43)/t23-,24+. The molecule has 1 saturated carbocycles. The number of nitrogens with two attached hydrogens (primary N) is 1. The highest BCUT2D eigenvalue weighted by Gasteiger charge is 2.24. The lowest BCUT2D eigenvalue weighted by molar-refractivity contribution is -0.121. The molecule has 0 saturated heterocycles. The van der Waals surface area contributed by atoms with Crippen molar-refractivity contribution in [1.82, 2.24) is 20.9 Å². The number of amides is 4. The van der Waals surface area contributed by atoms with Crippen molar-refractivity contribution in [2.75, 3.05) is 11.9 Å². The van der Waals surface area contributed by atoms with Gasteiger partial charge in [0.1, 0.15) is 0 Å². The molecular formula is C32H32N6O5. The molecule has 5 rings (SSSR count). The SMILES string of the molecule is NC(=O)c1cnc2ccc(-c3ccc(C(=O)N[C@H]4CC[C@@H](NC(=O)CNC(=O)O)CC4)cc3)cc2c1Nc1ccccc1. The molecule has 4 amide bonds. The van der Waals surface area contributed by atoms with Crippen molar-refractivity contribution in [2.24, 2.45) is 5.73 Å². The van der Waals surface area contributed by atoms with Gasteiger partial charge in [-0.1, -0.05) is 36.4 Å². The van der Waals surface area contributed by atoms with Gasteiger partial charge in [0.15, 0.2) is 0 Å². The van der Waals surface area contributed by atoms with Gasteiger partial charge in [0.05, 0.1) is 23.3 Å². The van der Waals surface area contributed by atoms with Gasteiger partial charge in [-0.2, -0.15) is 0 Å². The monoisotopic (exact) mass is 580 g/mol. The highest BCUT2D eigenvalue weighted by molar-refractivity contribution is 6.08. The first-order chi connectivity index (χ1) is 20.8. The van der Waals surface area contributed by atoms with Gasteiger partial charge in [0.2, 0.25) is 5.91 Å². The molecule has 1 aromatic heterocycles. The van der Waals surface area contributed by atoms with E-state index in [1.54, 1.807) is 12.1 Å². The van der Waals surface area contributed by atoms with E-state index < -0.39 is 12.0 Å². The Morgan fingerprint density at radius 1 is 0.837 bits per heavy atom. The number of carbonyl (C=O) groups excluding carboxylic acids is 3. The lowest BCUT2D eigenvalue weighted by atomic mass is 9.91. The van der Waals surface area contributed by atoms with E-state index in [-0.39, 0.29) is 36.0 Å². The number of carboxylic acid groups (broad SMARTS) is 1. The molecule has 1 fully saturated rings. The number of aromatic nitrogens is 1. The number of benzene rings is 3. The van der Waals surface area contributed by atoms with Gasteiger partial charge < -0.3 is 32.1 Å². The van der Waals surface area contributed by atoms with Gasteiger partial charge in [-0.05, 0) is 73.2 Å². The summed E-state index contributed by atoms with van der Waals surface area (Å²) >= 11 is 0. The third-order valence-corrected chi connectivity index (χ3v) is 7.48. The first-order valence-corrected chi connectivity index (χ1v) is 14.0. The summed E-state index contributed by atoms with van der Waals surface area (Å²) in [4.78, 5) is 52.0. The minimum absolute atomic E-state index is 0.0135. The third kappa shape index (κ3) is 7.25. The van der Waals surface area contributed by atoms with E-state index in [0.717, 1.165) is 22.2 Å². The van der Waals surface area contributed by atoms with Crippen molar-refractivity contribution in [1.29, 1.82) is 0 Å². The number of nitrogens with zero attached hydrogens (tertiary/aromatic N) is 1. The Hall–Kier alpha value is -5.45.